The third-order valence-corrected chi connectivity index (χ3v) is 3.48. The summed E-state index contributed by atoms with van der Waals surface area (Å²) >= 11 is 0. The summed E-state index contributed by atoms with van der Waals surface area (Å²) in [6.07, 6.45) is 5.04. The van der Waals surface area contributed by atoms with Gasteiger partial charge in [0, 0.05) is 6.07 Å². The van der Waals surface area contributed by atoms with Crippen molar-refractivity contribution in [2.75, 3.05) is 5.32 Å². The first-order chi connectivity index (χ1) is 11.3. The van der Waals surface area contributed by atoms with Gasteiger partial charge in [-0.3, -0.25) is 4.79 Å². The SMILES string of the molecule is CCC(C(=O)Nc1cc(-n2cncn2)ncn1)c1ccccc1. The van der Waals surface area contributed by atoms with Gasteiger partial charge in [0.15, 0.2) is 5.82 Å². The average Bonchev–Trinajstić information content (AvgIpc) is 3.11. The molecule has 7 heteroatoms. The summed E-state index contributed by atoms with van der Waals surface area (Å²) in [6, 6.07) is 11.4. The highest BCUT2D eigenvalue weighted by Crippen LogP contribution is 2.21. The van der Waals surface area contributed by atoms with Crippen LogP contribution in [0.1, 0.15) is 24.8 Å². The monoisotopic (exact) mass is 308 g/mol. The third kappa shape index (κ3) is 3.39. The maximum atomic E-state index is 12.5. The van der Waals surface area contributed by atoms with Gasteiger partial charge in [-0.25, -0.2) is 19.6 Å². The van der Waals surface area contributed by atoms with Crippen molar-refractivity contribution in [3.8, 4) is 5.82 Å². The molecule has 3 rings (SSSR count). The van der Waals surface area contributed by atoms with E-state index in [9.17, 15) is 4.79 Å². The second kappa shape index (κ2) is 6.78. The zero-order chi connectivity index (χ0) is 16.1. The van der Waals surface area contributed by atoms with Gasteiger partial charge >= 0.3 is 0 Å². The molecule has 0 aliphatic carbocycles. The van der Waals surface area contributed by atoms with Crippen LogP contribution in [0.4, 0.5) is 5.82 Å². The first-order valence-corrected chi connectivity index (χ1v) is 7.30. The lowest BCUT2D eigenvalue weighted by molar-refractivity contribution is -0.117. The van der Waals surface area contributed by atoms with Gasteiger partial charge in [0.25, 0.3) is 0 Å². The maximum Gasteiger partial charge on any atom is 0.233 e. The molecule has 0 bridgehead atoms. The van der Waals surface area contributed by atoms with E-state index in [-0.39, 0.29) is 11.8 Å². The van der Waals surface area contributed by atoms with E-state index < -0.39 is 0 Å². The predicted octanol–water partition coefficient (Wildman–Crippen LogP) is 2.19. The van der Waals surface area contributed by atoms with Crippen LogP contribution in [0.2, 0.25) is 0 Å². The smallest absolute Gasteiger partial charge is 0.233 e. The number of amides is 1. The van der Waals surface area contributed by atoms with Crippen molar-refractivity contribution in [3.05, 3.63) is 60.9 Å². The molecule has 0 radical (unpaired) electrons. The second-order valence-electron chi connectivity index (χ2n) is 4.96. The summed E-state index contributed by atoms with van der Waals surface area (Å²) in [5.41, 5.74) is 0.984. The predicted molar refractivity (Wildman–Crippen MR) is 85.1 cm³/mol. The van der Waals surface area contributed by atoms with E-state index >= 15 is 0 Å². The number of nitrogens with one attached hydrogen (secondary N) is 1. The maximum absolute atomic E-state index is 12.5. The molecule has 2 aromatic heterocycles. The van der Waals surface area contributed by atoms with E-state index in [4.69, 9.17) is 0 Å². The molecule has 23 heavy (non-hydrogen) atoms. The van der Waals surface area contributed by atoms with Crippen molar-refractivity contribution in [3.63, 3.8) is 0 Å². The van der Waals surface area contributed by atoms with Gasteiger partial charge in [0.1, 0.15) is 24.8 Å². The van der Waals surface area contributed by atoms with Crippen molar-refractivity contribution in [1.29, 1.82) is 0 Å². The fourth-order valence-corrected chi connectivity index (χ4v) is 2.34. The Balaban J connectivity index is 1.78. The lowest BCUT2D eigenvalue weighted by Crippen LogP contribution is -2.21. The number of nitrogens with zero attached hydrogens (tertiary/aromatic N) is 5. The van der Waals surface area contributed by atoms with Crippen LogP contribution < -0.4 is 5.32 Å². The molecule has 1 N–H and O–H groups in total. The number of hydrogen-bond donors (Lipinski definition) is 1. The number of hydrogen-bond acceptors (Lipinski definition) is 5. The summed E-state index contributed by atoms with van der Waals surface area (Å²) in [5.74, 6) is 0.661. The quantitative estimate of drug-likeness (QED) is 0.781. The minimum atomic E-state index is -0.221. The van der Waals surface area contributed by atoms with Crippen molar-refractivity contribution >= 4 is 11.7 Å². The number of anilines is 1. The Morgan fingerprint density at radius 1 is 1.22 bits per heavy atom. The number of benzene rings is 1. The Morgan fingerprint density at radius 3 is 2.74 bits per heavy atom. The number of carbonyl (C=O) groups is 1. The Labute approximate surface area is 133 Å². The summed E-state index contributed by atoms with van der Waals surface area (Å²) in [5, 5.41) is 6.85. The Bertz CT molecular complexity index is 772. The van der Waals surface area contributed by atoms with Crippen LogP contribution in [0.5, 0.6) is 0 Å². The van der Waals surface area contributed by atoms with E-state index in [0.717, 1.165) is 5.56 Å². The van der Waals surface area contributed by atoms with Crippen LogP contribution in [0, 0.1) is 0 Å². The van der Waals surface area contributed by atoms with Crippen molar-refractivity contribution in [2.45, 2.75) is 19.3 Å². The fraction of sp³-hybridized carbons (Fsp3) is 0.188. The van der Waals surface area contributed by atoms with Crippen LogP contribution in [0.15, 0.2) is 55.4 Å². The Kier molecular flexibility index (Phi) is 4.37. The van der Waals surface area contributed by atoms with Crippen LogP contribution in [0.25, 0.3) is 5.82 Å². The molecule has 1 aromatic carbocycles. The molecule has 0 spiro atoms. The molecule has 0 saturated carbocycles. The van der Waals surface area contributed by atoms with Crippen molar-refractivity contribution in [1.82, 2.24) is 24.7 Å². The first-order valence-electron chi connectivity index (χ1n) is 7.30. The van der Waals surface area contributed by atoms with E-state index in [1.54, 1.807) is 6.07 Å². The van der Waals surface area contributed by atoms with Crippen LogP contribution in [-0.2, 0) is 4.79 Å². The highest BCUT2D eigenvalue weighted by molar-refractivity contribution is 5.95. The Morgan fingerprint density at radius 2 is 2.04 bits per heavy atom. The van der Waals surface area contributed by atoms with E-state index in [1.165, 1.54) is 23.7 Å². The normalized spacial score (nSPS) is 11.9. The van der Waals surface area contributed by atoms with Gasteiger partial charge in [-0.1, -0.05) is 37.3 Å². The molecule has 0 aliphatic heterocycles. The lowest BCUT2D eigenvalue weighted by atomic mass is 9.96. The number of aromatic nitrogens is 5. The van der Waals surface area contributed by atoms with Crippen molar-refractivity contribution in [2.24, 2.45) is 0 Å². The van der Waals surface area contributed by atoms with Crippen LogP contribution >= 0.6 is 0 Å². The minimum absolute atomic E-state index is 0.0954. The molecule has 0 fully saturated rings. The fourth-order valence-electron chi connectivity index (χ4n) is 2.34. The molecule has 116 valence electrons. The first kappa shape index (κ1) is 14.8. The summed E-state index contributed by atoms with van der Waals surface area (Å²) in [7, 11) is 0. The van der Waals surface area contributed by atoms with Gasteiger partial charge < -0.3 is 5.32 Å². The van der Waals surface area contributed by atoms with E-state index in [2.05, 4.69) is 25.4 Å². The van der Waals surface area contributed by atoms with E-state index in [0.29, 0.717) is 18.1 Å². The zero-order valence-electron chi connectivity index (χ0n) is 12.6. The van der Waals surface area contributed by atoms with Gasteiger partial charge in [-0.2, -0.15) is 5.10 Å². The summed E-state index contributed by atoms with van der Waals surface area (Å²) in [4.78, 5) is 24.6. The topological polar surface area (TPSA) is 85.6 Å². The summed E-state index contributed by atoms with van der Waals surface area (Å²) < 4.78 is 1.51. The van der Waals surface area contributed by atoms with E-state index in [1.807, 2.05) is 37.3 Å². The molecule has 3 aromatic rings. The average molecular weight is 308 g/mol. The lowest BCUT2D eigenvalue weighted by Gasteiger charge is -2.15. The highest BCUT2D eigenvalue weighted by Gasteiger charge is 2.19. The minimum Gasteiger partial charge on any atom is -0.310 e. The molecule has 1 unspecified atom stereocenters. The molecular weight excluding hydrogens is 292 g/mol. The van der Waals surface area contributed by atoms with Crippen LogP contribution in [-0.4, -0.2) is 30.6 Å². The molecular formula is C16H16N6O. The molecule has 0 saturated heterocycles. The number of carbonyl (C=O) groups excluding carboxylic acids is 1. The molecule has 0 aliphatic rings. The van der Waals surface area contributed by atoms with Crippen molar-refractivity contribution < 1.29 is 4.79 Å². The molecule has 7 nitrogen and oxygen atoms in total. The zero-order valence-corrected chi connectivity index (χ0v) is 12.6. The Hall–Kier alpha value is -3.09. The molecule has 1 atom stereocenters. The van der Waals surface area contributed by atoms with Gasteiger partial charge in [-0.05, 0) is 12.0 Å². The van der Waals surface area contributed by atoms with Crippen LogP contribution in [0.3, 0.4) is 0 Å². The third-order valence-electron chi connectivity index (χ3n) is 3.48. The standard InChI is InChI=1S/C16H16N6O/c1-2-13(12-6-4-3-5-7-12)16(23)21-14-8-15(19-10-18-14)22-11-17-9-20-22/h3-11,13H,2H2,1H3,(H,18,19,21,23). The second-order valence-corrected chi connectivity index (χ2v) is 4.96. The van der Waals surface area contributed by atoms with Gasteiger partial charge in [0.2, 0.25) is 5.91 Å². The largest absolute Gasteiger partial charge is 0.310 e. The highest BCUT2D eigenvalue weighted by atomic mass is 16.1. The number of rotatable bonds is 5. The molecule has 2 heterocycles. The van der Waals surface area contributed by atoms with Gasteiger partial charge in [0.05, 0.1) is 5.92 Å². The molecule has 1 amide bonds. The van der Waals surface area contributed by atoms with Gasteiger partial charge in [-0.15, -0.1) is 0 Å². The summed E-state index contributed by atoms with van der Waals surface area (Å²) in [6.45, 7) is 1.98.